The van der Waals surface area contributed by atoms with Crippen molar-refractivity contribution in [2.75, 3.05) is 19.6 Å². The van der Waals surface area contributed by atoms with Gasteiger partial charge in [0, 0.05) is 29.7 Å². The van der Waals surface area contributed by atoms with Gasteiger partial charge in [-0.05, 0) is 57.4 Å². The van der Waals surface area contributed by atoms with Crippen LogP contribution in [0.15, 0.2) is 34.8 Å². The molecule has 0 radical (unpaired) electrons. The van der Waals surface area contributed by atoms with Gasteiger partial charge >= 0.3 is 6.09 Å². The van der Waals surface area contributed by atoms with E-state index in [1.807, 2.05) is 24.3 Å². The van der Waals surface area contributed by atoms with Crippen molar-refractivity contribution in [3.8, 4) is 0 Å². The quantitative estimate of drug-likeness (QED) is 0.653. The molecule has 7 nitrogen and oxygen atoms in total. The smallest absolute Gasteiger partial charge is 0.408 e. The number of rotatable bonds is 5. The van der Waals surface area contributed by atoms with Gasteiger partial charge in [0.05, 0.1) is 0 Å². The van der Waals surface area contributed by atoms with E-state index in [1.54, 1.807) is 31.7 Å². The molecule has 0 atom stereocenters. The van der Waals surface area contributed by atoms with Crippen molar-refractivity contribution < 1.29 is 19.1 Å². The summed E-state index contributed by atoms with van der Waals surface area (Å²) in [5.74, 6) is -0.309. The molecule has 29 heavy (non-hydrogen) atoms. The maximum Gasteiger partial charge on any atom is 0.408 e. The molecule has 0 saturated carbocycles. The SMILES string of the molecule is CC(C)(C)OC(=O)NCC(=O)N1CCC(NC(=O)/C=C/c2cccc(Br)c2)CC1. The Morgan fingerprint density at radius 3 is 2.55 bits per heavy atom. The fourth-order valence-electron chi connectivity index (χ4n) is 2.88. The van der Waals surface area contributed by atoms with Crippen molar-refractivity contribution in [1.82, 2.24) is 15.5 Å². The summed E-state index contributed by atoms with van der Waals surface area (Å²) in [6.45, 7) is 6.27. The summed E-state index contributed by atoms with van der Waals surface area (Å²) in [6, 6.07) is 7.71. The van der Waals surface area contributed by atoms with Crippen molar-refractivity contribution in [3.05, 3.63) is 40.4 Å². The van der Waals surface area contributed by atoms with Crippen molar-refractivity contribution in [2.24, 2.45) is 0 Å². The number of benzene rings is 1. The first-order valence-corrected chi connectivity index (χ1v) is 10.4. The van der Waals surface area contributed by atoms with Gasteiger partial charge in [-0.25, -0.2) is 4.79 Å². The zero-order chi connectivity index (χ0) is 21.4. The maximum atomic E-state index is 12.2. The highest BCUT2D eigenvalue weighted by molar-refractivity contribution is 9.10. The van der Waals surface area contributed by atoms with E-state index in [-0.39, 0.29) is 24.4 Å². The summed E-state index contributed by atoms with van der Waals surface area (Å²) in [7, 11) is 0. The molecular formula is C21H28BrN3O4. The van der Waals surface area contributed by atoms with Crippen LogP contribution in [0.2, 0.25) is 0 Å². The molecule has 0 bridgehead atoms. The molecule has 8 heteroatoms. The first-order chi connectivity index (χ1) is 13.6. The molecule has 1 heterocycles. The van der Waals surface area contributed by atoms with E-state index in [4.69, 9.17) is 4.74 Å². The van der Waals surface area contributed by atoms with Crippen molar-refractivity contribution in [3.63, 3.8) is 0 Å². The van der Waals surface area contributed by atoms with Crippen LogP contribution in [0.25, 0.3) is 6.08 Å². The lowest BCUT2D eigenvalue weighted by Gasteiger charge is -2.32. The summed E-state index contributed by atoms with van der Waals surface area (Å²) in [5.41, 5.74) is 0.335. The number of nitrogens with one attached hydrogen (secondary N) is 2. The third-order valence-electron chi connectivity index (χ3n) is 4.25. The summed E-state index contributed by atoms with van der Waals surface area (Å²) >= 11 is 3.40. The predicted molar refractivity (Wildman–Crippen MR) is 115 cm³/mol. The lowest BCUT2D eigenvalue weighted by molar-refractivity contribution is -0.131. The summed E-state index contributed by atoms with van der Waals surface area (Å²) in [5, 5.41) is 5.46. The van der Waals surface area contributed by atoms with E-state index in [9.17, 15) is 14.4 Å². The highest BCUT2D eigenvalue weighted by Gasteiger charge is 2.24. The average Bonchev–Trinajstić information content (AvgIpc) is 2.64. The number of nitrogens with zero attached hydrogens (tertiary/aromatic N) is 1. The number of likely N-dealkylation sites (tertiary alicyclic amines) is 1. The molecule has 0 aliphatic carbocycles. The fourth-order valence-corrected chi connectivity index (χ4v) is 3.30. The first kappa shape index (κ1) is 22.9. The third kappa shape index (κ3) is 8.68. The number of hydrogen-bond acceptors (Lipinski definition) is 4. The summed E-state index contributed by atoms with van der Waals surface area (Å²) < 4.78 is 6.08. The number of amides is 3. The van der Waals surface area contributed by atoms with Gasteiger partial charge in [-0.2, -0.15) is 0 Å². The Kier molecular flexibility index (Phi) is 8.25. The van der Waals surface area contributed by atoms with E-state index < -0.39 is 11.7 Å². The molecule has 1 fully saturated rings. The van der Waals surface area contributed by atoms with Gasteiger partial charge in [-0.3, -0.25) is 9.59 Å². The zero-order valence-corrected chi connectivity index (χ0v) is 18.6. The minimum atomic E-state index is -0.606. The number of halogens is 1. The van der Waals surface area contributed by atoms with Gasteiger partial charge < -0.3 is 20.3 Å². The van der Waals surface area contributed by atoms with Gasteiger partial charge in [-0.15, -0.1) is 0 Å². The van der Waals surface area contributed by atoms with Crippen molar-refractivity contribution in [1.29, 1.82) is 0 Å². The van der Waals surface area contributed by atoms with Crippen LogP contribution in [0, 0.1) is 0 Å². The van der Waals surface area contributed by atoms with Crippen molar-refractivity contribution >= 4 is 39.9 Å². The molecule has 1 aliphatic heterocycles. The molecule has 1 aliphatic rings. The lowest BCUT2D eigenvalue weighted by atomic mass is 10.0. The molecule has 2 rings (SSSR count). The Bertz CT molecular complexity index is 765. The van der Waals surface area contributed by atoms with Crippen LogP contribution >= 0.6 is 15.9 Å². The minimum Gasteiger partial charge on any atom is -0.444 e. The van der Waals surface area contributed by atoms with E-state index in [0.717, 1.165) is 10.0 Å². The molecule has 2 N–H and O–H groups in total. The molecule has 158 valence electrons. The average molecular weight is 466 g/mol. The summed E-state index contributed by atoms with van der Waals surface area (Å²) in [4.78, 5) is 37.7. The molecule has 1 aromatic carbocycles. The van der Waals surface area contributed by atoms with Crippen molar-refractivity contribution in [2.45, 2.75) is 45.3 Å². The molecule has 3 amide bonds. The Balaban J connectivity index is 1.71. The second kappa shape index (κ2) is 10.4. The van der Waals surface area contributed by atoms with Gasteiger partial charge in [0.15, 0.2) is 0 Å². The topological polar surface area (TPSA) is 87.7 Å². The zero-order valence-electron chi connectivity index (χ0n) is 17.0. The fraction of sp³-hybridized carbons (Fsp3) is 0.476. The molecule has 0 spiro atoms. The predicted octanol–water partition coefficient (Wildman–Crippen LogP) is 3.09. The van der Waals surface area contributed by atoms with E-state index >= 15 is 0 Å². The van der Waals surface area contributed by atoms with Gasteiger partial charge in [0.25, 0.3) is 0 Å². The number of carbonyl (C=O) groups is 3. The van der Waals surface area contributed by atoms with Crippen LogP contribution in [-0.4, -0.2) is 54.1 Å². The molecule has 0 aromatic heterocycles. The van der Waals surface area contributed by atoms with Gasteiger partial charge in [0.1, 0.15) is 12.1 Å². The van der Waals surface area contributed by atoms with Crippen LogP contribution in [0.4, 0.5) is 4.79 Å². The van der Waals surface area contributed by atoms with Gasteiger partial charge in [-0.1, -0.05) is 28.1 Å². The minimum absolute atomic E-state index is 0.0255. The molecule has 0 unspecified atom stereocenters. The number of hydrogen-bond donors (Lipinski definition) is 2. The molecule has 1 saturated heterocycles. The monoisotopic (exact) mass is 465 g/mol. The second-order valence-electron chi connectivity index (χ2n) is 7.91. The Hall–Kier alpha value is -2.35. The normalized spacial score (nSPS) is 15.2. The first-order valence-electron chi connectivity index (χ1n) is 9.61. The Morgan fingerprint density at radius 1 is 1.24 bits per heavy atom. The Labute approximate surface area is 180 Å². The molecular weight excluding hydrogens is 438 g/mol. The number of carbonyl (C=O) groups excluding carboxylic acids is 3. The number of ether oxygens (including phenoxy) is 1. The largest absolute Gasteiger partial charge is 0.444 e. The van der Waals surface area contributed by atoms with E-state index in [1.165, 1.54) is 6.08 Å². The van der Waals surface area contributed by atoms with Crippen LogP contribution in [0.5, 0.6) is 0 Å². The van der Waals surface area contributed by atoms with Gasteiger partial charge in [0.2, 0.25) is 11.8 Å². The van der Waals surface area contributed by atoms with Crippen LogP contribution in [-0.2, 0) is 14.3 Å². The Morgan fingerprint density at radius 2 is 1.93 bits per heavy atom. The highest BCUT2D eigenvalue weighted by atomic mass is 79.9. The van der Waals surface area contributed by atoms with Crippen LogP contribution in [0.1, 0.15) is 39.2 Å². The highest BCUT2D eigenvalue weighted by Crippen LogP contribution is 2.13. The third-order valence-corrected chi connectivity index (χ3v) is 4.75. The number of alkyl carbamates (subject to hydrolysis) is 1. The van der Waals surface area contributed by atoms with Crippen LogP contribution in [0.3, 0.4) is 0 Å². The number of piperidine rings is 1. The van der Waals surface area contributed by atoms with E-state index in [2.05, 4.69) is 26.6 Å². The summed E-state index contributed by atoms with van der Waals surface area (Å²) in [6.07, 6.45) is 4.03. The lowest BCUT2D eigenvalue weighted by Crippen LogP contribution is -2.49. The second-order valence-corrected chi connectivity index (χ2v) is 8.82. The van der Waals surface area contributed by atoms with Crippen LogP contribution < -0.4 is 10.6 Å². The van der Waals surface area contributed by atoms with E-state index in [0.29, 0.717) is 25.9 Å². The standard InChI is InChI=1S/C21H28BrN3O4/c1-21(2,3)29-20(28)23-14-19(27)25-11-9-17(10-12-25)24-18(26)8-7-15-5-4-6-16(22)13-15/h4-8,13,17H,9-12,14H2,1-3H3,(H,23,28)(H,24,26)/b8-7+. The maximum absolute atomic E-state index is 12.2. The molecule has 1 aromatic rings.